The van der Waals surface area contributed by atoms with E-state index in [4.69, 9.17) is 16.3 Å². The van der Waals surface area contributed by atoms with Crippen molar-refractivity contribution in [2.24, 2.45) is 0 Å². The standard InChI is InChI=1S/C16H15ClFNO2/c1-21-14-7-4-6-13(9-14)19(16(20)10-17)11-12-5-2-3-8-15(12)18/h2-9H,10-11H2,1H3. The molecule has 2 rings (SSSR count). The van der Waals surface area contributed by atoms with Crippen molar-refractivity contribution in [2.75, 3.05) is 17.9 Å². The third-order valence-electron chi connectivity index (χ3n) is 3.07. The van der Waals surface area contributed by atoms with Gasteiger partial charge in [0.05, 0.1) is 13.7 Å². The molecule has 0 heterocycles. The van der Waals surface area contributed by atoms with Gasteiger partial charge in [0.1, 0.15) is 17.4 Å². The van der Waals surface area contributed by atoms with E-state index in [1.54, 1.807) is 49.6 Å². The van der Waals surface area contributed by atoms with Crippen LogP contribution in [0.3, 0.4) is 0 Å². The lowest BCUT2D eigenvalue weighted by Crippen LogP contribution is -2.31. The lowest BCUT2D eigenvalue weighted by atomic mass is 10.1. The predicted octanol–water partition coefficient (Wildman–Crippen LogP) is 3.61. The largest absolute Gasteiger partial charge is 0.497 e. The monoisotopic (exact) mass is 307 g/mol. The summed E-state index contributed by atoms with van der Waals surface area (Å²) in [6.07, 6.45) is 0. The van der Waals surface area contributed by atoms with Crippen molar-refractivity contribution in [1.82, 2.24) is 0 Å². The molecule has 0 fully saturated rings. The number of anilines is 1. The summed E-state index contributed by atoms with van der Waals surface area (Å²) in [6.45, 7) is 0.116. The number of carbonyl (C=O) groups excluding carboxylic acids is 1. The fourth-order valence-corrected chi connectivity index (χ4v) is 2.12. The minimum absolute atomic E-state index is 0.116. The van der Waals surface area contributed by atoms with E-state index in [-0.39, 0.29) is 24.1 Å². The number of ether oxygens (including phenoxy) is 1. The van der Waals surface area contributed by atoms with E-state index in [0.29, 0.717) is 17.0 Å². The van der Waals surface area contributed by atoms with Crippen LogP contribution in [0, 0.1) is 5.82 Å². The molecule has 2 aromatic rings. The lowest BCUT2D eigenvalue weighted by Gasteiger charge is -2.22. The van der Waals surface area contributed by atoms with Crippen LogP contribution in [0.15, 0.2) is 48.5 Å². The fraction of sp³-hybridized carbons (Fsp3) is 0.188. The Morgan fingerprint density at radius 1 is 1.24 bits per heavy atom. The van der Waals surface area contributed by atoms with Crippen molar-refractivity contribution in [3.8, 4) is 5.75 Å². The number of methoxy groups -OCH3 is 1. The molecule has 0 radical (unpaired) electrons. The van der Waals surface area contributed by atoms with E-state index in [9.17, 15) is 9.18 Å². The molecule has 0 atom stereocenters. The Morgan fingerprint density at radius 3 is 2.67 bits per heavy atom. The maximum Gasteiger partial charge on any atom is 0.242 e. The SMILES string of the molecule is COc1cccc(N(Cc2ccccc2F)C(=O)CCl)c1. The number of hydrogen-bond acceptors (Lipinski definition) is 2. The first kappa shape index (κ1) is 15.3. The molecule has 0 aliphatic rings. The molecule has 1 amide bonds. The van der Waals surface area contributed by atoms with E-state index in [1.807, 2.05) is 0 Å². The van der Waals surface area contributed by atoms with Gasteiger partial charge in [0.15, 0.2) is 0 Å². The first-order valence-electron chi connectivity index (χ1n) is 6.39. The Hall–Kier alpha value is -2.07. The molecule has 0 spiro atoms. The zero-order valence-electron chi connectivity index (χ0n) is 11.6. The summed E-state index contributed by atoms with van der Waals surface area (Å²) in [5, 5.41) is 0. The van der Waals surface area contributed by atoms with Gasteiger partial charge in [-0.1, -0.05) is 24.3 Å². The second-order valence-electron chi connectivity index (χ2n) is 4.41. The quantitative estimate of drug-likeness (QED) is 0.790. The average Bonchev–Trinajstić information content (AvgIpc) is 2.53. The van der Waals surface area contributed by atoms with E-state index in [1.165, 1.54) is 11.0 Å². The van der Waals surface area contributed by atoms with Crippen LogP contribution < -0.4 is 9.64 Å². The Labute approximate surface area is 127 Å². The van der Waals surface area contributed by atoms with E-state index < -0.39 is 0 Å². The Bertz CT molecular complexity index is 633. The van der Waals surface area contributed by atoms with Crippen LogP contribution in [0.2, 0.25) is 0 Å². The molecule has 0 saturated carbocycles. The van der Waals surface area contributed by atoms with Gasteiger partial charge in [-0.15, -0.1) is 11.6 Å². The molecule has 0 aliphatic heterocycles. The van der Waals surface area contributed by atoms with Gasteiger partial charge in [0, 0.05) is 17.3 Å². The van der Waals surface area contributed by atoms with Crippen LogP contribution in [0.1, 0.15) is 5.56 Å². The molecule has 5 heteroatoms. The molecular weight excluding hydrogens is 293 g/mol. The van der Waals surface area contributed by atoms with Gasteiger partial charge in [-0.3, -0.25) is 4.79 Å². The van der Waals surface area contributed by atoms with Crippen molar-refractivity contribution in [1.29, 1.82) is 0 Å². The van der Waals surface area contributed by atoms with E-state index >= 15 is 0 Å². The number of hydrogen-bond donors (Lipinski definition) is 0. The minimum Gasteiger partial charge on any atom is -0.497 e. The van der Waals surface area contributed by atoms with Crippen LogP contribution in [0.5, 0.6) is 5.75 Å². The van der Waals surface area contributed by atoms with Gasteiger partial charge in [-0.05, 0) is 18.2 Å². The maximum absolute atomic E-state index is 13.8. The summed E-state index contributed by atoms with van der Waals surface area (Å²) in [5.41, 5.74) is 1.04. The zero-order valence-corrected chi connectivity index (χ0v) is 12.3. The highest BCUT2D eigenvalue weighted by Crippen LogP contribution is 2.23. The van der Waals surface area contributed by atoms with Gasteiger partial charge in [0.2, 0.25) is 5.91 Å². The average molecular weight is 308 g/mol. The van der Waals surface area contributed by atoms with Gasteiger partial charge >= 0.3 is 0 Å². The van der Waals surface area contributed by atoms with Gasteiger partial charge in [0.25, 0.3) is 0 Å². The van der Waals surface area contributed by atoms with Crippen molar-refractivity contribution in [3.63, 3.8) is 0 Å². The smallest absolute Gasteiger partial charge is 0.242 e. The van der Waals surface area contributed by atoms with E-state index in [0.717, 1.165) is 0 Å². The summed E-state index contributed by atoms with van der Waals surface area (Å²) >= 11 is 5.66. The van der Waals surface area contributed by atoms with Crippen LogP contribution >= 0.6 is 11.6 Å². The second kappa shape index (κ2) is 7.09. The molecule has 0 saturated heterocycles. The number of benzene rings is 2. The van der Waals surface area contributed by atoms with Crippen molar-refractivity contribution in [2.45, 2.75) is 6.54 Å². The molecule has 2 aromatic carbocycles. The number of halogens is 2. The molecule has 0 unspecified atom stereocenters. The molecule has 0 N–H and O–H groups in total. The summed E-state index contributed by atoms with van der Waals surface area (Å²) < 4.78 is 18.9. The molecule has 21 heavy (non-hydrogen) atoms. The molecule has 3 nitrogen and oxygen atoms in total. The van der Waals surface area contributed by atoms with Crippen LogP contribution in [-0.4, -0.2) is 18.9 Å². The Morgan fingerprint density at radius 2 is 2.00 bits per heavy atom. The van der Waals surface area contributed by atoms with Crippen LogP contribution in [0.25, 0.3) is 0 Å². The molecular formula is C16H15ClFNO2. The first-order chi connectivity index (χ1) is 10.2. The number of nitrogens with zero attached hydrogens (tertiary/aromatic N) is 1. The van der Waals surface area contributed by atoms with Gasteiger partial charge in [-0.2, -0.15) is 0 Å². The summed E-state index contributed by atoms with van der Waals surface area (Å²) in [6, 6.07) is 13.4. The molecule has 0 aromatic heterocycles. The summed E-state index contributed by atoms with van der Waals surface area (Å²) in [4.78, 5) is 13.5. The lowest BCUT2D eigenvalue weighted by molar-refractivity contribution is -0.116. The van der Waals surface area contributed by atoms with Gasteiger partial charge in [-0.25, -0.2) is 4.39 Å². The third kappa shape index (κ3) is 3.73. The van der Waals surface area contributed by atoms with Crippen molar-refractivity contribution < 1.29 is 13.9 Å². The molecule has 110 valence electrons. The molecule has 0 bridgehead atoms. The minimum atomic E-state index is -0.354. The topological polar surface area (TPSA) is 29.5 Å². The fourth-order valence-electron chi connectivity index (χ4n) is 1.97. The Balaban J connectivity index is 2.34. The summed E-state index contributed by atoms with van der Waals surface area (Å²) in [7, 11) is 1.55. The predicted molar refractivity (Wildman–Crippen MR) is 81.3 cm³/mol. The van der Waals surface area contributed by atoms with Gasteiger partial charge < -0.3 is 9.64 Å². The molecule has 0 aliphatic carbocycles. The number of amides is 1. The Kier molecular flexibility index (Phi) is 5.17. The van der Waals surface area contributed by atoms with Crippen LogP contribution in [-0.2, 0) is 11.3 Å². The number of alkyl halides is 1. The van der Waals surface area contributed by atoms with Crippen LogP contribution in [0.4, 0.5) is 10.1 Å². The van der Waals surface area contributed by atoms with Crippen molar-refractivity contribution >= 4 is 23.2 Å². The maximum atomic E-state index is 13.8. The van der Waals surface area contributed by atoms with Crippen molar-refractivity contribution in [3.05, 3.63) is 59.9 Å². The third-order valence-corrected chi connectivity index (χ3v) is 3.30. The zero-order chi connectivity index (χ0) is 15.2. The number of carbonyl (C=O) groups is 1. The van der Waals surface area contributed by atoms with E-state index in [2.05, 4.69) is 0 Å². The number of rotatable bonds is 5. The highest BCUT2D eigenvalue weighted by Gasteiger charge is 2.17. The normalized spacial score (nSPS) is 10.2. The highest BCUT2D eigenvalue weighted by atomic mass is 35.5. The first-order valence-corrected chi connectivity index (χ1v) is 6.93. The highest BCUT2D eigenvalue weighted by molar-refractivity contribution is 6.29. The second-order valence-corrected chi connectivity index (χ2v) is 4.67. The summed E-state index contributed by atoms with van der Waals surface area (Å²) in [5.74, 6) is -0.208.